The summed E-state index contributed by atoms with van der Waals surface area (Å²) in [5.41, 5.74) is 6.73. The molecule has 0 aromatic heterocycles. The summed E-state index contributed by atoms with van der Waals surface area (Å²) >= 11 is 5.68. The van der Waals surface area contributed by atoms with E-state index in [1.165, 1.54) is 18.2 Å². The van der Waals surface area contributed by atoms with E-state index in [4.69, 9.17) is 17.3 Å². The quantitative estimate of drug-likeness (QED) is 0.911. The minimum absolute atomic E-state index is 0.0338. The van der Waals surface area contributed by atoms with E-state index in [1.54, 1.807) is 12.1 Å². The SMILES string of the molecule is NC(Cc1cc(F)cc(F)c1)Cc1cccc(Cl)c1F. The van der Waals surface area contributed by atoms with Gasteiger partial charge in [0.25, 0.3) is 0 Å². The second kappa shape index (κ2) is 6.29. The Morgan fingerprint density at radius 3 is 2.30 bits per heavy atom. The fraction of sp³-hybridized carbons (Fsp3) is 0.200. The lowest BCUT2D eigenvalue weighted by Gasteiger charge is -2.13. The number of nitrogens with two attached hydrogens (primary N) is 1. The van der Waals surface area contributed by atoms with Crippen molar-refractivity contribution in [1.82, 2.24) is 0 Å². The standard InChI is InChI=1S/C15H13ClF3N/c16-14-3-1-2-10(15(14)19)7-13(20)6-9-4-11(17)8-12(18)5-9/h1-5,8,13H,6-7,20H2. The summed E-state index contributed by atoms with van der Waals surface area (Å²) in [5, 5.41) is 0.0338. The van der Waals surface area contributed by atoms with E-state index in [0.29, 0.717) is 11.1 Å². The molecule has 1 unspecified atom stereocenters. The van der Waals surface area contributed by atoms with E-state index in [1.807, 2.05) is 0 Å². The Morgan fingerprint density at radius 1 is 1.00 bits per heavy atom. The smallest absolute Gasteiger partial charge is 0.145 e. The summed E-state index contributed by atoms with van der Waals surface area (Å²) in [6.45, 7) is 0. The van der Waals surface area contributed by atoms with Crippen molar-refractivity contribution in [1.29, 1.82) is 0 Å². The van der Waals surface area contributed by atoms with Crippen molar-refractivity contribution in [3.8, 4) is 0 Å². The molecule has 2 aromatic carbocycles. The third-order valence-electron chi connectivity index (χ3n) is 2.93. The molecule has 0 amide bonds. The van der Waals surface area contributed by atoms with Crippen LogP contribution in [0.3, 0.4) is 0 Å². The topological polar surface area (TPSA) is 26.0 Å². The highest BCUT2D eigenvalue weighted by Gasteiger charge is 2.12. The second-order valence-electron chi connectivity index (χ2n) is 4.66. The first-order valence-electron chi connectivity index (χ1n) is 6.09. The van der Waals surface area contributed by atoms with Gasteiger partial charge in [0.2, 0.25) is 0 Å². The molecule has 5 heteroatoms. The Morgan fingerprint density at radius 2 is 1.65 bits per heavy atom. The Labute approximate surface area is 120 Å². The molecule has 0 aliphatic rings. The van der Waals surface area contributed by atoms with Crippen LogP contribution >= 0.6 is 11.6 Å². The zero-order valence-electron chi connectivity index (χ0n) is 10.5. The molecule has 0 bridgehead atoms. The van der Waals surface area contributed by atoms with Crippen LogP contribution in [0.4, 0.5) is 13.2 Å². The van der Waals surface area contributed by atoms with Crippen LogP contribution in [0.5, 0.6) is 0 Å². The van der Waals surface area contributed by atoms with E-state index >= 15 is 0 Å². The van der Waals surface area contributed by atoms with Gasteiger partial charge in [0.1, 0.15) is 17.5 Å². The van der Waals surface area contributed by atoms with Gasteiger partial charge in [-0.05, 0) is 42.2 Å². The molecule has 2 aromatic rings. The number of halogens is 4. The Hall–Kier alpha value is -1.52. The summed E-state index contributed by atoms with van der Waals surface area (Å²) < 4.78 is 39.8. The number of benzene rings is 2. The molecule has 106 valence electrons. The Bertz CT molecular complexity index is 596. The molecule has 0 aliphatic heterocycles. The van der Waals surface area contributed by atoms with Gasteiger partial charge in [-0.15, -0.1) is 0 Å². The number of rotatable bonds is 4. The maximum absolute atomic E-state index is 13.7. The highest BCUT2D eigenvalue weighted by molar-refractivity contribution is 6.30. The van der Waals surface area contributed by atoms with Crippen LogP contribution in [0.25, 0.3) is 0 Å². The summed E-state index contributed by atoms with van der Waals surface area (Å²) in [5.74, 6) is -1.81. The van der Waals surface area contributed by atoms with Crippen LogP contribution < -0.4 is 5.73 Å². The zero-order valence-corrected chi connectivity index (χ0v) is 11.3. The Balaban J connectivity index is 2.09. The van der Waals surface area contributed by atoms with E-state index in [0.717, 1.165) is 6.07 Å². The second-order valence-corrected chi connectivity index (χ2v) is 5.07. The van der Waals surface area contributed by atoms with Crippen LogP contribution in [-0.2, 0) is 12.8 Å². The average Bonchev–Trinajstić information content (AvgIpc) is 2.33. The molecule has 2 N–H and O–H groups in total. The van der Waals surface area contributed by atoms with Crippen LogP contribution in [0, 0.1) is 17.5 Å². The maximum atomic E-state index is 13.7. The van der Waals surface area contributed by atoms with Crippen LogP contribution in [0.2, 0.25) is 5.02 Å². The van der Waals surface area contributed by atoms with E-state index in [-0.39, 0.29) is 17.9 Å². The van der Waals surface area contributed by atoms with Gasteiger partial charge in [-0.1, -0.05) is 23.7 Å². The van der Waals surface area contributed by atoms with Gasteiger partial charge in [-0.25, -0.2) is 13.2 Å². The van der Waals surface area contributed by atoms with Crippen LogP contribution in [-0.4, -0.2) is 6.04 Å². The molecular weight excluding hydrogens is 287 g/mol. The molecule has 2 rings (SSSR count). The average molecular weight is 300 g/mol. The van der Waals surface area contributed by atoms with Gasteiger partial charge in [-0.3, -0.25) is 0 Å². The monoisotopic (exact) mass is 299 g/mol. The lowest BCUT2D eigenvalue weighted by atomic mass is 9.99. The largest absolute Gasteiger partial charge is 0.327 e. The van der Waals surface area contributed by atoms with Gasteiger partial charge in [0.05, 0.1) is 5.02 Å². The third kappa shape index (κ3) is 3.74. The van der Waals surface area contributed by atoms with Gasteiger partial charge in [0.15, 0.2) is 0 Å². The van der Waals surface area contributed by atoms with Crippen molar-refractivity contribution in [2.75, 3.05) is 0 Å². The lowest BCUT2D eigenvalue weighted by Crippen LogP contribution is -2.26. The van der Waals surface area contributed by atoms with Crippen molar-refractivity contribution in [3.63, 3.8) is 0 Å². The van der Waals surface area contributed by atoms with Crippen LogP contribution in [0.15, 0.2) is 36.4 Å². The number of hydrogen-bond donors (Lipinski definition) is 1. The third-order valence-corrected chi connectivity index (χ3v) is 3.23. The predicted molar refractivity (Wildman–Crippen MR) is 73.2 cm³/mol. The minimum Gasteiger partial charge on any atom is -0.327 e. The normalized spacial score (nSPS) is 12.4. The van der Waals surface area contributed by atoms with Gasteiger partial charge in [0, 0.05) is 12.1 Å². The van der Waals surface area contributed by atoms with Crippen molar-refractivity contribution >= 4 is 11.6 Å². The van der Waals surface area contributed by atoms with Gasteiger partial charge < -0.3 is 5.73 Å². The summed E-state index contributed by atoms with van der Waals surface area (Å²) in [7, 11) is 0. The van der Waals surface area contributed by atoms with E-state index in [2.05, 4.69) is 0 Å². The number of hydrogen-bond acceptors (Lipinski definition) is 1. The van der Waals surface area contributed by atoms with E-state index < -0.39 is 23.5 Å². The highest BCUT2D eigenvalue weighted by Crippen LogP contribution is 2.19. The molecule has 0 aliphatic carbocycles. The maximum Gasteiger partial charge on any atom is 0.145 e. The Kier molecular flexibility index (Phi) is 4.68. The molecule has 0 radical (unpaired) electrons. The van der Waals surface area contributed by atoms with Crippen molar-refractivity contribution in [2.24, 2.45) is 5.73 Å². The zero-order chi connectivity index (χ0) is 14.7. The first-order valence-corrected chi connectivity index (χ1v) is 6.47. The first-order chi connectivity index (χ1) is 9.45. The molecule has 1 atom stereocenters. The van der Waals surface area contributed by atoms with Gasteiger partial charge >= 0.3 is 0 Å². The molecule has 0 heterocycles. The van der Waals surface area contributed by atoms with Crippen LogP contribution in [0.1, 0.15) is 11.1 Å². The molecule has 20 heavy (non-hydrogen) atoms. The fourth-order valence-electron chi connectivity index (χ4n) is 2.09. The van der Waals surface area contributed by atoms with Crippen molar-refractivity contribution in [2.45, 2.75) is 18.9 Å². The van der Waals surface area contributed by atoms with Crippen molar-refractivity contribution < 1.29 is 13.2 Å². The lowest BCUT2D eigenvalue weighted by molar-refractivity contribution is 0.567. The summed E-state index contributed by atoms with van der Waals surface area (Å²) in [6, 6.07) is 7.46. The minimum atomic E-state index is -0.652. The molecule has 0 saturated heterocycles. The molecule has 0 spiro atoms. The molecule has 1 nitrogen and oxygen atoms in total. The fourth-order valence-corrected chi connectivity index (χ4v) is 2.29. The highest BCUT2D eigenvalue weighted by atomic mass is 35.5. The molecule has 0 fully saturated rings. The predicted octanol–water partition coefficient (Wildman–Crippen LogP) is 3.87. The van der Waals surface area contributed by atoms with Gasteiger partial charge in [-0.2, -0.15) is 0 Å². The first kappa shape index (κ1) is 14.9. The molecule has 0 saturated carbocycles. The summed E-state index contributed by atoms with van der Waals surface area (Å²) in [6.07, 6.45) is 0.491. The molecular formula is C15H13ClF3N. The summed E-state index contributed by atoms with van der Waals surface area (Å²) in [4.78, 5) is 0. The van der Waals surface area contributed by atoms with E-state index in [9.17, 15) is 13.2 Å². The van der Waals surface area contributed by atoms with Crippen molar-refractivity contribution in [3.05, 3.63) is 70.0 Å².